The minimum atomic E-state index is -1.03. The van der Waals surface area contributed by atoms with Crippen molar-refractivity contribution in [2.24, 2.45) is 0 Å². The van der Waals surface area contributed by atoms with Crippen LogP contribution < -0.4 is 5.32 Å². The average Bonchev–Trinajstić information content (AvgIpc) is 3.11. The van der Waals surface area contributed by atoms with Crippen LogP contribution >= 0.6 is 11.8 Å². The molecule has 7 nitrogen and oxygen atoms in total. The van der Waals surface area contributed by atoms with Crippen molar-refractivity contribution in [3.05, 3.63) is 35.9 Å². The van der Waals surface area contributed by atoms with Gasteiger partial charge >= 0.3 is 5.97 Å². The highest BCUT2D eigenvalue weighted by Crippen LogP contribution is 2.20. The van der Waals surface area contributed by atoms with Crippen molar-refractivity contribution in [3.8, 4) is 0 Å². The number of benzene rings is 1. The lowest BCUT2D eigenvalue weighted by Crippen LogP contribution is -2.52. The van der Waals surface area contributed by atoms with E-state index in [9.17, 15) is 24.3 Å². The number of carbonyl (C=O) groups excluding carboxylic acids is 3. The summed E-state index contributed by atoms with van der Waals surface area (Å²) in [5.74, 6) is -1.86. The molecule has 27 heavy (non-hydrogen) atoms. The third-order valence-corrected chi connectivity index (χ3v) is 5.41. The molecule has 0 unspecified atom stereocenters. The van der Waals surface area contributed by atoms with Gasteiger partial charge in [-0.3, -0.25) is 14.4 Å². The van der Waals surface area contributed by atoms with Crippen LogP contribution in [0.25, 0.3) is 0 Å². The zero-order chi connectivity index (χ0) is 20.0. The first kappa shape index (κ1) is 21.0. The molecule has 2 rings (SSSR count). The summed E-state index contributed by atoms with van der Waals surface area (Å²) in [6.45, 7) is 3.30. The molecule has 0 radical (unpaired) electrons. The second kappa shape index (κ2) is 9.55. The van der Waals surface area contributed by atoms with Crippen molar-refractivity contribution in [3.63, 3.8) is 0 Å². The van der Waals surface area contributed by atoms with Crippen LogP contribution in [0.2, 0.25) is 0 Å². The molecule has 0 spiro atoms. The zero-order valence-corrected chi connectivity index (χ0v) is 16.2. The summed E-state index contributed by atoms with van der Waals surface area (Å²) in [5.41, 5.74) is 0.913. The molecule has 2 amide bonds. The van der Waals surface area contributed by atoms with Crippen LogP contribution in [0.5, 0.6) is 0 Å². The van der Waals surface area contributed by atoms with Gasteiger partial charge in [-0.05, 0) is 31.7 Å². The van der Waals surface area contributed by atoms with E-state index >= 15 is 0 Å². The molecule has 0 saturated carbocycles. The number of rotatable bonds is 7. The zero-order valence-electron chi connectivity index (χ0n) is 15.4. The predicted molar refractivity (Wildman–Crippen MR) is 102 cm³/mol. The number of carboxylic acid groups (broad SMARTS) is 1. The molecule has 1 saturated heterocycles. The number of amides is 2. The molecule has 1 fully saturated rings. The summed E-state index contributed by atoms with van der Waals surface area (Å²) in [4.78, 5) is 49.3. The highest BCUT2D eigenvalue weighted by atomic mass is 32.2. The number of hydrogen-bond donors (Lipinski definition) is 2. The van der Waals surface area contributed by atoms with E-state index in [0.717, 1.165) is 17.3 Å². The third kappa shape index (κ3) is 5.82. The Labute approximate surface area is 162 Å². The van der Waals surface area contributed by atoms with Gasteiger partial charge in [0.2, 0.25) is 11.8 Å². The number of hydrogen-bond acceptors (Lipinski definition) is 5. The molecule has 1 aromatic carbocycles. The monoisotopic (exact) mass is 392 g/mol. The van der Waals surface area contributed by atoms with Gasteiger partial charge in [0.1, 0.15) is 12.1 Å². The van der Waals surface area contributed by atoms with Crippen LogP contribution in [0.4, 0.5) is 0 Å². The summed E-state index contributed by atoms with van der Waals surface area (Å²) in [5, 5.41) is 11.0. The predicted octanol–water partition coefficient (Wildman–Crippen LogP) is 1.46. The number of likely N-dealkylation sites (tertiary alicyclic amines) is 1. The van der Waals surface area contributed by atoms with Crippen LogP contribution in [0.1, 0.15) is 32.3 Å². The SMILES string of the molecule is CC(=O)S[C@@H](Cc1ccccc1)C(=O)N[C@@H](C)C(=O)N1CCC[C@H]1C(=O)O. The van der Waals surface area contributed by atoms with E-state index in [0.29, 0.717) is 25.8 Å². The Balaban J connectivity index is 2.03. The van der Waals surface area contributed by atoms with Crippen molar-refractivity contribution >= 4 is 34.7 Å². The third-order valence-electron chi connectivity index (χ3n) is 4.41. The van der Waals surface area contributed by atoms with Gasteiger partial charge in [0.15, 0.2) is 5.12 Å². The fourth-order valence-corrected chi connectivity index (χ4v) is 3.97. The Bertz CT molecular complexity index is 709. The van der Waals surface area contributed by atoms with Gasteiger partial charge in [0.05, 0.1) is 5.25 Å². The van der Waals surface area contributed by atoms with E-state index in [1.54, 1.807) is 0 Å². The topological polar surface area (TPSA) is 104 Å². The Kier molecular flexibility index (Phi) is 7.41. The van der Waals surface area contributed by atoms with Gasteiger partial charge in [-0.25, -0.2) is 4.79 Å². The van der Waals surface area contributed by atoms with E-state index in [2.05, 4.69) is 5.32 Å². The van der Waals surface area contributed by atoms with Crippen LogP contribution in [-0.2, 0) is 25.6 Å². The van der Waals surface area contributed by atoms with Crippen molar-refractivity contribution in [2.45, 2.75) is 50.4 Å². The number of carboxylic acids is 1. The molecular formula is C19H24N2O5S. The summed E-state index contributed by atoms with van der Waals surface area (Å²) < 4.78 is 0. The van der Waals surface area contributed by atoms with Crippen LogP contribution in [0.15, 0.2) is 30.3 Å². The standard InChI is InChI=1S/C19H24N2O5S/c1-12(18(24)21-10-6-9-15(21)19(25)26)20-17(23)16(27-13(2)22)11-14-7-4-3-5-8-14/h3-5,7-8,12,15-16H,6,9-11H2,1-2H3,(H,20,23)(H,25,26)/t12-,15-,16-/m0/s1. The van der Waals surface area contributed by atoms with E-state index < -0.39 is 35.1 Å². The number of nitrogens with one attached hydrogen (secondary N) is 1. The molecule has 146 valence electrons. The first-order chi connectivity index (χ1) is 12.8. The molecular weight excluding hydrogens is 368 g/mol. The van der Waals surface area contributed by atoms with E-state index in [1.165, 1.54) is 18.7 Å². The van der Waals surface area contributed by atoms with Gasteiger partial charge in [0, 0.05) is 13.5 Å². The molecule has 1 aromatic rings. The van der Waals surface area contributed by atoms with Gasteiger partial charge in [0.25, 0.3) is 0 Å². The van der Waals surface area contributed by atoms with Gasteiger partial charge < -0.3 is 15.3 Å². The van der Waals surface area contributed by atoms with Gasteiger partial charge in [-0.15, -0.1) is 0 Å². The minimum absolute atomic E-state index is 0.185. The van der Waals surface area contributed by atoms with E-state index in [-0.39, 0.29) is 5.12 Å². The van der Waals surface area contributed by atoms with E-state index in [1.807, 2.05) is 30.3 Å². The lowest BCUT2D eigenvalue weighted by Gasteiger charge is -2.26. The summed E-state index contributed by atoms with van der Waals surface area (Å²) in [6.07, 6.45) is 1.40. The van der Waals surface area contributed by atoms with E-state index in [4.69, 9.17) is 0 Å². The quantitative estimate of drug-likeness (QED) is 0.728. The second-order valence-electron chi connectivity index (χ2n) is 6.55. The molecule has 1 heterocycles. The Morgan fingerprint density at radius 1 is 1.26 bits per heavy atom. The van der Waals surface area contributed by atoms with Gasteiger partial charge in [-0.2, -0.15) is 0 Å². The molecule has 0 aliphatic carbocycles. The van der Waals surface area contributed by atoms with Crippen molar-refractivity contribution in [2.75, 3.05) is 6.54 Å². The van der Waals surface area contributed by atoms with Crippen LogP contribution in [-0.4, -0.2) is 56.8 Å². The van der Waals surface area contributed by atoms with Crippen LogP contribution in [0.3, 0.4) is 0 Å². The lowest BCUT2D eigenvalue weighted by molar-refractivity contribution is -0.149. The average molecular weight is 392 g/mol. The number of nitrogens with zero attached hydrogens (tertiary/aromatic N) is 1. The molecule has 1 aliphatic heterocycles. The molecule has 3 atom stereocenters. The molecule has 8 heteroatoms. The summed E-state index contributed by atoms with van der Waals surface area (Å²) in [7, 11) is 0. The Hall–Kier alpha value is -2.35. The Morgan fingerprint density at radius 2 is 1.93 bits per heavy atom. The molecule has 0 aromatic heterocycles. The molecule has 2 N–H and O–H groups in total. The summed E-state index contributed by atoms with van der Waals surface area (Å²) >= 11 is 0.924. The second-order valence-corrected chi connectivity index (χ2v) is 7.93. The normalized spacial score (nSPS) is 18.6. The van der Waals surface area contributed by atoms with Crippen molar-refractivity contribution in [1.82, 2.24) is 10.2 Å². The highest BCUT2D eigenvalue weighted by molar-refractivity contribution is 8.14. The number of thioether (sulfide) groups is 1. The van der Waals surface area contributed by atoms with Crippen molar-refractivity contribution in [1.29, 1.82) is 0 Å². The smallest absolute Gasteiger partial charge is 0.326 e. The molecule has 0 bridgehead atoms. The maximum Gasteiger partial charge on any atom is 0.326 e. The number of aliphatic carboxylic acids is 1. The largest absolute Gasteiger partial charge is 0.480 e. The first-order valence-corrected chi connectivity index (χ1v) is 9.72. The summed E-state index contributed by atoms with van der Waals surface area (Å²) in [6, 6.07) is 7.62. The maximum absolute atomic E-state index is 12.7. The maximum atomic E-state index is 12.7. The Morgan fingerprint density at radius 3 is 2.52 bits per heavy atom. The lowest BCUT2D eigenvalue weighted by atomic mass is 10.1. The first-order valence-electron chi connectivity index (χ1n) is 8.84. The number of carbonyl (C=O) groups is 4. The van der Waals surface area contributed by atoms with Crippen LogP contribution in [0, 0.1) is 0 Å². The minimum Gasteiger partial charge on any atom is -0.480 e. The highest BCUT2D eigenvalue weighted by Gasteiger charge is 2.36. The van der Waals surface area contributed by atoms with Gasteiger partial charge in [-0.1, -0.05) is 42.1 Å². The fraction of sp³-hybridized carbons (Fsp3) is 0.474. The molecule has 1 aliphatic rings. The fourth-order valence-electron chi connectivity index (χ4n) is 3.12. The van der Waals surface area contributed by atoms with Crippen molar-refractivity contribution < 1.29 is 24.3 Å².